The zero-order valence-corrected chi connectivity index (χ0v) is 10.8. The molecule has 0 atom stereocenters. The van der Waals surface area contributed by atoms with Gasteiger partial charge in [0.25, 0.3) is 5.69 Å². The molecule has 0 fully saturated rings. The minimum atomic E-state index is -0.230. The Balaban J connectivity index is 2.43. The molecule has 0 saturated heterocycles. The van der Waals surface area contributed by atoms with Crippen LogP contribution in [0.25, 0.3) is 11.3 Å². The molecule has 0 amide bonds. The first-order chi connectivity index (χ1) is 8.59. The average molecular weight is 262 g/mol. The van der Waals surface area contributed by atoms with Crippen LogP contribution in [0, 0.1) is 0 Å². The van der Waals surface area contributed by atoms with E-state index in [1.807, 2.05) is 30.3 Å². The van der Waals surface area contributed by atoms with Gasteiger partial charge in [-0.2, -0.15) is 0 Å². The fourth-order valence-electron chi connectivity index (χ4n) is 1.52. The number of aliphatic hydroxyl groups is 1. The highest BCUT2D eigenvalue weighted by molar-refractivity contribution is 7.06. The molecule has 6 heteroatoms. The molecular formula is C12H12N3O2S+. The minimum Gasteiger partial charge on any atom is -0.512 e. The topological polar surface area (TPSA) is 67.0 Å². The number of hydrogen-bond donors (Lipinski definition) is 1. The summed E-state index contributed by atoms with van der Waals surface area (Å²) < 4.78 is 4.12. The molecule has 0 aliphatic carbocycles. The Bertz CT molecular complexity index is 601. The first kappa shape index (κ1) is 12.4. The van der Waals surface area contributed by atoms with Gasteiger partial charge in [0.1, 0.15) is 5.76 Å². The maximum Gasteiger partial charge on any atom is 0.269 e. The van der Waals surface area contributed by atoms with Gasteiger partial charge in [-0.3, -0.25) is 4.79 Å². The van der Waals surface area contributed by atoms with Crippen LogP contribution < -0.4 is 4.80 Å². The predicted octanol–water partition coefficient (Wildman–Crippen LogP) is 1.69. The molecule has 0 radical (unpaired) electrons. The quantitative estimate of drug-likeness (QED) is 0.519. The zero-order chi connectivity index (χ0) is 13.1. The van der Waals surface area contributed by atoms with Gasteiger partial charge in [-0.15, -0.1) is 0 Å². The number of aromatic nitrogens is 3. The number of Topliss-reactive ketones (excluding diaryl/α,β-unsaturated/α-hetero) is 1. The van der Waals surface area contributed by atoms with Gasteiger partial charge in [0.2, 0.25) is 5.01 Å². The summed E-state index contributed by atoms with van der Waals surface area (Å²) in [4.78, 5) is 12.9. The van der Waals surface area contributed by atoms with E-state index in [1.165, 1.54) is 18.6 Å². The fraction of sp³-hybridized carbons (Fsp3) is 0.167. The number of aliphatic hydroxyl groups excluding tert-OH is 1. The third kappa shape index (κ3) is 2.43. The normalized spacial score (nSPS) is 12.1. The Morgan fingerprint density at radius 3 is 2.50 bits per heavy atom. The number of nitrogens with zero attached hydrogens (tertiary/aromatic N) is 3. The van der Waals surface area contributed by atoms with Crippen molar-refractivity contribution in [1.82, 2.24) is 9.59 Å². The lowest BCUT2D eigenvalue weighted by Crippen LogP contribution is -2.35. The fourth-order valence-corrected chi connectivity index (χ4v) is 2.30. The summed E-state index contributed by atoms with van der Waals surface area (Å²) in [5, 5.41) is 14.1. The average Bonchev–Trinajstić information content (AvgIpc) is 2.78. The molecule has 0 saturated carbocycles. The summed E-state index contributed by atoms with van der Waals surface area (Å²) in [5.74, 6) is -0.273. The summed E-state index contributed by atoms with van der Waals surface area (Å²) in [6.45, 7) is 2.86. The molecule has 0 aliphatic heterocycles. The van der Waals surface area contributed by atoms with Crippen molar-refractivity contribution in [1.29, 1.82) is 0 Å². The van der Waals surface area contributed by atoms with Crippen molar-refractivity contribution in [3.05, 3.63) is 41.1 Å². The van der Waals surface area contributed by atoms with Crippen LogP contribution in [0.5, 0.6) is 0 Å². The van der Waals surface area contributed by atoms with Crippen LogP contribution in [0.3, 0.4) is 0 Å². The number of allylic oxidation sites excluding steroid dienone is 2. The lowest BCUT2D eigenvalue weighted by atomic mass is 10.2. The van der Waals surface area contributed by atoms with Crippen molar-refractivity contribution in [3.8, 4) is 5.69 Å². The predicted molar refractivity (Wildman–Crippen MR) is 67.3 cm³/mol. The highest BCUT2D eigenvalue weighted by Gasteiger charge is 2.22. The van der Waals surface area contributed by atoms with Gasteiger partial charge in [-0.1, -0.05) is 18.2 Å². The first-order valence-electron chi connectivity index (χ1n) is 5.32. The molecule has 1 aromatic heterocycles. The summed E-state index contributed by atoms with van der Waals surface area (Å²) in [7, 11) is 0. The molecule has 2 rings (SSSR count). The molecule has 1 aromatic carbocycles. The van der Waals surface area contributed by atoms with E-state index in [-0.39, 0.29) is 17.1 Å². The van der Waals surface area contributed by atoms with Crippen LogP contribution in [0.15, 0.2) is 36.1 Å². The highest BCUT2D eigenvalue weighted by atomic mass is 32.1. The number of ketones is 1. The van der Waals surface area contributed by atoms with E-state index in [9.17, 15) is 9.90 Å². The van der Waals surface area contributed by atoms with E-state index in [4.69, 9.17) is 0 Å². The Kier molecular flexibility index (Phi) is 3.47. The first-order valence-corrected chi connectivity index (χ1v) is 6.10. The van der Waals surface area contributed by atoms with E-state index in [0.717, 1.165) is 17.2 Å². The van der Waals surface area contributed by atoms with Crippen LogP contribution in [-0.4, -0.2) is 20.5 Å². The zero-order valence-electron chi connectivity index (χ0n) is 9.99. The standard InChI is InChI=1S/C12H11N3O2S/c1-8(16)11(9(2)17)12-13-15(14-18-12)10-6-4-3-5-7-10/h3-7H,1-2H3/p+1. The van der Waals surface area contributed by atoms with Gasteiger partial charge in [0.15, 0.2) is 5.78 Å². The van der Waals surface area contributed by atoms with Crippen molar-refractivity contribution in [2.45, 2.75) is 13.8 Å². The maximum atomic E-state index is 11.4. The van der Waals surface area contributed by atoms with Crippen molar-refractivity contribution in [2.75, 3.05) is 0 Å². The van der Waals surface area contributed by atoms with Gasteiger partial charge >= 0.3 is 0 Å². The van der Waals surface area contributed by atoms with Crippen LogP contribution in [0.1, 0.15) is 18.9 Å². The molecule has 5 nitrogen and oxygen atoms in total. The second-order valence-corrected chi connectivity index (χ2v) is 4.45. The molecule has 1 heterocycles. The number of rotatable bonds is 3. The van der Waals surface area contributed by atoms with E-state index in [0.29, 0.717) is 5.01 Å². The smallest absolute Gasteiger partial charge is 0.269 e. The second kappa shape index (κ2) is 5.05. The van der Waals surface area contributed by atoms with E-state index in [2.05, 4.69) is 9.59 Å². The van der Waals surface area contributed by atoms with E-state index < -0.39 is 0 Å². The van der Waals surface area contributed by atoms with E-state index >= 15 is 0 Å². The number of para-hydroxylation sites is 1. The Labute approximate surface area is 108 Å². The molecule has 18 heavy (non-hydrogen) atoms. The highest BCUT2D eigenvalue weighted by Crippen LogP contribution is 2.18. The van der Waals surface area contributed by atoms with Gasteiger partial charge < -0.3 is 5.11 Å². The maximum absolute atomic E-state index is 11.4. The lowest BCUT2D eigenvalue weighted by molar-refractivity contribution is -0.710. The Morgan fingerprint density at radius 2 is 1.94 bits per heavy atom. The van der Waals surface area contributed by atoms with Crippen LogP contribution in [-0.2, 0) is 4.79 Å². The molecule has 0 unspecified atom stereocenters. The number of carbonyl (C=O) groups excluding carboxylic acids is 1. The molecule has 0 bridgehead atoms. The number of benzene rings is 1. The van der Waals surface area contributed by atoms with Gasteiger partial charge in [0, 0.05) is 17.2 Å². The van der Waals surface area contributed by atoms with Crippen molar-refractivity contribution < 1.29 is 14.7 Å². The van der Waals surface area contributed by atoms with Crippen molar-refractivity contribution in [2.24, 2.45) is 0 Å². The summed E-state index contributed by atoms with van der Waals surface area (Å²) in [6.07, 6.45) is 0. The van der Waals surface area contributed by atoms with E-state index in [1.54, 1.807) is 0 Å². The summed E-state index contributed by atoms with van der Waals surface area (Å²) >= 11 is 1.07. The summed E-state index contributed by atoms with van der Waals surface area (Å²) in [6, 6.07) is 9.37. The molecule has 1 N–H and O–H groups in total. The monoisotopic (exact) mass is 262 g/mol. The molecule has 2 aromatic rings. The largest absolute Gasteiger partial charge is 0.512 e. The third-order valence-corrected chi connectivity index (χ3v) is 3.00. The molecule has 0 aliphatic rings. The van der Waals surface area contributed by atoms with Crippen LogP contribution in [0.2, 0.25) is 0 Å². The van der Waals surface area contributed by atoms with Gasteiger partial charge in [0.05, 0.1) is 26.4 Å². The van der Waals surface area contributed by atoms with Crippen molar-refractivity contribution in [3.63, 3.8) is 0 Å². The van der Waals surface area contributed by atoms with Gasteiger partial charge in [-0.25, -0.2) is 0 Å². The molecule has 0 spiro atoms. The molecule has 92 valence electrons. The van der Waals surface area contributed by atoms with Gasteiger partial charge in [-0.05, 0) is 13.8 Å². The lowest BCUT2D eigenvalue weighted by Gasteiger charge is -1.96. The van der Waals surface area contributed by atoms with Crippen LogP contribution in [0.4, 0.5) is 0 Å². The molecular weight excluding hydrogens is 250 g/mol. The second-order valence-electron chi connectivity index (χ2n) is 3.72. The van der Waals surface area contributed by atoms with Crippen molar-refractivity contribution >= 4 is 22.9 Å². The Hall–Kier alpha value is -2.08. The SMILES string of the molecule is CC(=O)/C(=C(/C)O)c1n[n+](-c2ccccc2)ns1. The number of carbonyl (C=O) groups is 1. The summed E-state index contributed by atoms with van der Waals surface area (Å²) in [5.41, 5.74) is 1.01. The number of hydrogen-bond acceptors (Lipinski definition) is 5. The minimum absolute atomic E-state index is 0.0427. The Morgan fingerprint density at radius 1 is 1.28 bits per heavy atom. The van der Waals surface area contributed by atoms with Crippen LogP contribution >= 0.6 is 11.5 Å². The third-order valence-electron chi connectivity index (χ3n) is 2.31.